The van der Waals surface area contributed by atoms with Gasteiger partial charge in [-0.05, 0) is 52.3 Å². The number of carbonyl (C=O) groups excluding carboxylic acids is 1. The number of benzene rings is 1. The van der Waals surface area contributed by atoms with Gasteiger partial charge in [-0.1, -0.05) is 12.1 Å². The van der Waals surface area contributed by atoms with Crippen molar-refractivity contribution in [2.24, 2.45) is 0 Å². The predicted molar refractivity (Wildman–Crippen MR) is 84.8 cm³/mol. The van der Waals surface area contributed by atoms with Crippen LogP contribution in [0.3, 0.4) is 0 Å². The highest BCUT2D eigenvalue weighted by molar-refractivity contribution is 6.07. The summed E-state index contributed by atoms with van der Waals surface area (Å²) in [7, 11) is 0. The van der Waals surface area contributed by atoms with Gasteiger partial charge in [0.1, 0.15) is 5.82 Å². The summed E-state index contributed by atoms with van der Waals surface area (Å²) in [5.41, 5.74) is 4.10. The maximum atomic E-state index is 12.9. The van der Waals surface area contributed by atoms with E-state index >= 15 is 0 Å². The molecule has 4 heteroatoms. The summed E-state index contributed by atoms with van der Waals surface area (Å²) in [4.78, 5) is 23.3. The summed E-state index contributed by atoms with van der Waals surface area (Å²) in [6, 6.07) is 7.95. The zero-order chi connectivity index (χ0) is 15.6. The topological polar surface area (TPSA) is 46.1 Å². The highest BCUT2D eigenvalue weighted by Gasteiger charge is 2.21. The Kier molecular flexibility index (Phi) is 4.36. The predicted octanol–water partition coefficient (Wildman–Crippen LogP) is 3.38. The normalized spacial score (nSPS) is 10.5. The van der Waals surface area contributed by atoms with Crippen LogP contribution in [-0.2, 0) is 0 Å². The molecule has 4 nitrogen and oxygen atoms in total. The van der Waals surface area contributed by atoms with Gasteiger partial charge in [0.15, 0.2) is 0 Å². The molecule has 0 spiro atoms. The van der Waals surface area contributed by atoms with E-state index in [0.717, 1.165) is 22.6 Å². The summed E-state index contributed by atoms with van der Waals surface area (Å²) >= 11 is 0. The maximum absolute atomic E-state index is 12.9. The lowest BCUT2D eigenvalue weighted by Crippen LogP contribution is -2.32. The van der Waals surface area contributed by atoms with Crippen molar-refractivity contribution in [2.45, 2.75) is 34.6 Å². The molecule has 1 aromatic carbocycles. The van der Waals surface area contributed by atoms with Crippen LogP contribution >= 0.6 is 0 Å². The molecular weight excluding hydrogens is 262 g/mol. The van der Waals surface area contributed by atoms with E-state index in [4.69, 9.17) is 0 Å². The van der Waals surface area contributed by atoms with Crippen molar-refractivity contribution < 1.29 is 4.79 Å². The molecule has 0 bridgehead atoms. The quantitative estimate of drug-likeness (QED) is 0.867. The molecule has 1 heterocycles. The molecule has 0 radical (unpaired) electrons. The third-order valence-electron chi connectivity index (χ3n) is 3.47. The standard InChI is InChI=1S/C17H21N3O/c1-6-20(15-9-7-8-11(2)10-15)17(21)16-12(3)18-14(5)19-13(16)4/h7-10H,6H2,1-5H3. The summed E-state index contributed by atoms with van der Waals surface area (Å²) in [6.45, 7) is 10.2. The lowest BCUT2D eigenvalue weighted by atomic mass is 10.1. The minimum Gasteiger partial charge on any atom is -0.309 e. The third kappa shape index (κ3) is 3.10. The molecule has 110 valence electrons. The Morgan fingerprint density at radius 2 is 1.71 bits per heavy atom. The van der Waals surface area contributed by atoms with Crippen molar-refractivity contribution in [3.8, 4) is 0 Å². The average molecular weight is 283 g/mol. The van der Waals surface area contributed by atoms with E-state index in [1.165, 1.54) is 0 Å². The lowest BCUT2D eigenvalue weighted by molar-refractivity contribution is 0.0986. The zero-order valence-corrected chi connectivity index (χ0v) is 13.3. The molecule has 2 aromatic rings. The molecule has 0 saturated carbocycles. The number of carbonyl (C=O) groups is 1. The van der Waals surface area contributed by atoms with E-state index in [-0.39, 0.29) is 5.91 Å². The Morgan fingerprint density at radius 3 is 2.24 bits per heavy atom. The van der Waals surface area contributed by atoms with E-state index in [2.05, 4.69) is 9.97 Å². The van der Waals surface area contributed by atoms with Crippen LogP contribution in [0.2, 0.25) is 0 Å². The molecule has 0 unspecified atom stereocenters. The fourth-order valence-electron chi connectivity index (χ4n) is 2.57. The number of aryl methyl sites for hydroxylation is 4. The molecule has 1 amide bonds. The van der Waals surface area contributed by atoms with Gasteiger partial charge in [0.25, 0.3) is 5.91 Å². The molecule has 0 aliphatic rings. The van der Waals surface area contributed by atoms with Crippen LogP contribution in [0.25, 0.3) is 0 Å². The highest BCUT2D eigenvalue weighted by Crippen LogP contribution is 2.21. The lowest BCUT2D eigenvalue weighted by Gasteiger charge is -2.23. The Balaban J connectivity index is 2.47. The van der Waals surface area contributed by atoms with Gasteiger partial charge in [-0.3, -0.25) is 4.79 Å². The molecule has 0 fully saturated rings. The number of hydrogen-bond acceptors (Lipinski definition) is 3. The Morgan fingerprint density at radius 1 is 1.10 bits per heavy atom. The number of nitrogens with zero attached hydrogens (tertiary/aromatic N) is 3. The number of rotatable bonds is 3. The second-order valence-corrected chi connectivity index (χ2v) is 5.21. The fraction of sp³-hybridized carbons (Fsp3) is 0.353. The molecule has 0 aliphatic heterocycles. The zero-order valence-electron chi connectivity index (χ0n) is 13.3. The van der Waals surface area contributed by atoms with Crippen molar-refractivity contribution in [3.63, 3.8) is 0 Å². The maximum Gasteiger partial charge on any atom is 0.261 e. The summed E-state index contributed by atoms with van der Waals surface area (Å²) in [5, 5.41) is 0. The Bertz CT molecular complexity index is 656. The summed E-state index contributed by atoms with van der Waals surface area (Å²) in [5.74, 6) is 0.651. The minimum atomic E-state index is -0.0434. The SMILES string of the molecule is CCN(C(=O)c1c(C)nc(C)nc1C)c1cccc(C)c1. The first-order chi connectivity index (χ1) is 9.93. The Hall–Kier alpha value is -2.23. The number of hydrogen-bond donors (Lipinski definition) is 0. The van der Waals surface area contributed by atoms with Gasteiger partial charge in [-0.25, -0.2) is 9.97 Å². The van der Waals surface area contributed by atoms with Crippen molar-refractivity contribution in [1.29, 1.82) is 0 Å². The largest absolute Gasteiger partial charge is 0.309 e. The van der Waals surface area contributed by atoms with E-state index in [1.807, 2.05) is 58.9 Å². The first-order valence-corrected chi connectivity index (χ1v) is 7.14. The second kappa shape index (κ2) is 6.04. The van der Waals surface area contributed by atoms with Gasteiger partial charge in [0.2, 0.25) is 0 Å². The van der Waals surface area contributed by atoms with Crippen molar-refractivity contribution >= 4 is 11.6 Å². The molecule has 0 aliphatic carbocycles. The van der Waals surface area contributed by atoms with Crippen LogP contribution in [0.1, 0.15) is 40.1 Å². The number of amides is 1. The molecule has 1 aromatic heterocycles. The smallest absolute Gasteiger partial charge is 0.261 e. The van der Waals surface area contributed by atoms with E-state index in [1.54, 1.807) is 4.90 Å². The van der Waals surface area contributed by atoms with Crippen LogP contribution in [0.4, 0.5) is 5.69 Å². The average Bonchev–Trinajstić information content (AvgIpc) is 2.38. The first kappa shape index (κ1) is 15.2. The summed E-state index contributed by atoms with van der Waals surface area (Å²) in [6.07, 6.45) is 0. The van der Waals surface area contributed by atoms with Crippen LogP contribution < -0.4 is 4.90 Å². The van der Waals surface area contributed by atoms with Gasteiger partial charge < -0.3 is 4.90 Å². The summed E-state index contributed by atoms with van der Waals surface area (Å²) < 4.78 is 0. The van der Waals surface area contributed by atoms with Gasteiger partial charge in [-0.2, -0.15) is 0 Å². The third-order valence-corrected chi connectivity index (χ3v) is 3.47. The highest BCUT2D eigenvalue weighted by atomic mass is 16.2. The van der Waals surface area contributed by atoms with Gasteiger partial charge >= 0.3 is 0 Å². The van der Waals surface area contributed by atoms with Crippen molar-refractivity contribution in [2.75, 3.05) is 11.4 Å². The number of anilines is 1. The van der Waals surface area contributed by atoms with Crippen LogP contribution in [0.15, 0.2) is 24.3 Å². The van der Waals surface area contributed by atoms with Gasteiger partial charge in [0.05, 0.1) is 17.0 Å². The fourth-order valence-corrected chi connectivity index (χ4v) is 2.57. The molecular formula is C17H21N3O. The van der Waals surface area contributed by atoms with Crippen LogP contribution in [-0.4, -0.2) is 22.4 Å². The Labute approximate surface area is 125 Å². The molecule has 0 N–H and O–H groups in total. The molecule has 2 rings (SSSR count). The minimum absolute atomic E-state index is 0.0434. The van der Waals surface area contributed by atoms with Crippen LogP contribution in [0, 0.1) is 27.7 Å². The first-order valence-electron chi connectivity index (χ1n) is 7.14. The van der Waals surface area contributed by atoms with Crippen LogP contribution in [0.5, 0.6) is 0 Å². The molecule has 21 heavy (non-hydrogen) atoms. The second-order valence-electron chi connectivity index (χ2n) is 5.21. The van der Waals surface area contributed by atoms with Crippen molar-refractivity contribution in [1.82, 2.24) is 9.97 Å². The van der Waals surface area contributed by atoms with Crippen molar-refractivity contribution in [3.05, 3.63) is 52.6 Å². The van der Waals surface area contributed by atoms with E-state index in [0.29, 0.717) is 17.9 Å². The van der Waals surface area contributed by atoms with Gasteiger partial charge in [-0.15, -0.1) is 0 Å². The monoisotopic (exact) mass is 283 g/mol. The van der Waals surface area contributed by atoms with E-state index < -0.39 is 0 Å². The van der Waals surface area contributed by atoms with E-state index in [9.17, 15) is 4.79 Å². The number of aromatic nitrogens is 2. The molecule has 0 saturated heterocycles. The van der Waals surface area contributed by atoms with Gasteiger partial charge in [0, 0.05) is 12.2 Å². The molecule has 0 atom stereocenters.